The van der Waals surface area contributed by atoms with Crippen molar-refractivity contribution in [2.75, 3.05) is 0 Å². The molecule has 12 heavy (non-hydrogen) atoms. The van der Waals surface area contributed by atoms with Crippen LogP contribution < -0.4 is 5.32 Å². The van der Waals surface area contributed by atoms with E-state index in [0.29, 0.717) is 0 Å². The Kier molecular flexibility index (Phi) is 1.74. The molecule has 70 valence electrons. The summed E-state index contributed by atoms with van der Waals surface area (Å²) in [5.41, 5.74) is 0.426. The zero-order valence-electron chi connectivity index (χ0n) is 8.06. The third kappa shape index (κ3) is 1.38. The second-order valence-electron chi connectivity index (χ2n) is 5.16. The highest BCUT2D eigenvalue weighted by atomic mass is 16.3. The van der Waals surface area contributed by atoms with Crippen molar-refractivity contribution in [3.63, 3.8) is 0 Å². The van der Waals surface area contributed by atoms with Gasteiger partial charge in [-0.05, 0) is 46.0 Å². The van der Waals surface area contributed by atoms with E-state index < -0.39 is 0 Å². The number of aliphatic hydroxyl groups excluding tert-OH is 1. The molecule has 2 saturated heterocycles. The molecule has 2 fully saturated rings. The lowest BCUT2D eigenvalue weighted by molar-refractivity contribution is -0.00284. The average Bonchev–Trinajstić information content (AvgIpc) is 1.79. The largest absolute Gasteiger partial charge is 0.393 e. The van der Waals surface area contributed by atoms with Crippen LogP contribution in [0.1, 0.15) is 46.0 Å². The molecule has 0 saturated carbocycles. The van der Waals surface area contributed by atoms with Gasteiger partial charge >= 0.3 is 0 Å². The van der Waals surface area contributed by atoms with Gasteiger partial charge in [0.15, 0.2) is 0 Å². The minimum Gasteiger partial charge on any atom is -0.393 e. The predicted molar refractivity (Wildman–Crippen MR) is 49.0 cm³/mol. The van der Waals surface area contributed by atoms with Gasteiger partial charge in [0.25, 0.3) is 0 Å². The molecule has 0 radical (unpaired) electrons. The predicted octanol–water partition coefficient (Wildman–Crippen LogP) is 1.43. The standard InChI is InChI=1S/C10H19NO/c1-9-4-3-5-10(2,11-9)7-8(12)6-9/h8,11-12H,3-7H2,1-2H3. The van der Waals surface area contributed by atoms with E-state index in [4.69, 9.17) is 0 Å². The van der Waals surface area contributed by atoms with Crippen molar-refractivity contribution in [3.05, 3.63) is 0 Å². The van der Waals surface area contributed by atoms with Crippen LogP contribution in [0.5, 0.6) is 0 Å². The molecular formula is C10H19NO. The van der Waals surface area contributed by atoms with Crippen LogP contribution >= 0.6 is 0 Å². The topological polar surface area (TPSA) is 32.3 Å². The maximum atomic E-state index is 9.71. The van der Waals surface area contributed by atoms with Crippen molar-refractivity contribution >= 4 is 0 Å². The molecule has 0 spiro atoms. The Bertz CT molecular complexity index is 176. The SMILES string of the molecule is CC12CCCC(C)(CC(O)C1)N2. The van der Waals surface area contributed by atoms with Crippen LogP contribution in [0.4, 0.5) is 0 Å². The Morgan fingerprint density at radius 1 is 1.17 bits per heavy atom. The van der Waals surface area contributed by atoms with E-state index in [2.05, 4.69) is 19.2 Å². The van der Waals surface area contributed by atoms with Crippen molar-refractivity contribution < 1.29 is 5.11 Å². The number of aliphatic hydroxyl groups is 1. The molecular weight excluding hydrogens is 150 g/mol. The number of fused-ring (bicyclic) bond motifs is 2. The molecule has 0 amide bonds. The third-order valence-electron chi connectivity index (χ3n) is 3.43. The third-order valence-corrected chi connectivity index (χ3v) is 3.43. The van der Waals surface area contributed by atoms with Gasteiger partial charge in [-0.25, -0.2) is 0 Å². The monoisotopic (exact) mass is 169 g/mol. The van der Waals surface area contributed by atoms with Crippen LogP contribution in [0, 0.1) is 0 Å². The first kappa shape index (κ1) is 8.52. The Morgan fingerprint density at radius 2 is 1.67 bits per heavy atom. The first-order chi connectivity index (χ1) is 5.52. The van der Waals surface area contributed by atoms with Gasteiger partial charge in [-0.15, -0.1) is 0 Å². The molecule has 2 N–H and O–H groups in total. The van der Waals surface area contributed by atoms with Crippen molar-refractivity contribution in [1.82, 2.24) is 5.32 Å². The lowest BCUT2D eigenvalue weighted by atomic mass is 9.70. The molecule has 0 aromatic carbocycles. The quantitative estimate of drug-likeness (QED) is 0.575. The molecule has 2 bridgehead atoms. The average molecular weight is 169 g/mol. The molecule has 2 atom stereocenters. The van der Waals surface area contributed by atoms with Gasteiger partial charge in [-0.2, -0.15) is 0 Å². The molecule has 2 heteroatoms. The van der Waals surface area contributed by atoms with Gasteiger partial charge in [-0.1, -0.05) is 0 Å². The molecule has 2 aliphatic rings. The maximum absolute atomic E-state index is 9.71. The first-order valence-corrected chi connectivity index (χ1v) is 4.99. The molecule has 2 nitrogen and oxygen atoms in total. The van der Waals surface area contributed by atoms with E-state index in [1.807, 2.05) is 0 Å². The fourth-order valence-electron chi connectivity index (χ4n) is 3.14. The summed E-state index contributed by atoms with van der Waals surface area (Å²) in [4.78, 5) is 0. The lowest BCUT2D eigenvalue weighted by Gasteiger charge is -2.52. The van der Waals surface area contributed by atoms with Gasteiger partial charge in [0, 0.05) is 11.1 Å². The zero-order valence-corrected chi connectivity index (χ0v) is 8.06. The second kappa shape index (κ2) is 2.46. The Hall–Kier alpha value is -0.0800. The van der Waals surface area contributed by atoms with Gasteiger partial charge < -0.3 is 10.4 Å². The summed E-state index contributed by atoms with van der Waals surface area (Å²) in [5, 5.41) is 13.4. The van der Waals surface area contributed by atoms with Crippen molar-refractivity contribution in [1.29, 1.82) is 0 Å². The van der Waals surface area contributed by atoms with Crippen LogP contribution in [0.3, 0.4) is 0 Å². The van der Waals surface area contributed by atoms with Crippen molar-refractivity contribution in [2.45, 2.75) is 63.1 Å². The number of nitrogens with one attached hydrogen (secondary N) is 1. The van der Waals surface area contributed by atoms with E-state index >= 15 is 0 Å². The lowest BCUT2D eigenvalue weighted by Crippen LogP contribution is -2.64. The highest BCUT2D eigenvalue weighted by Crippen LogP contribution is 2.39. The summed E-state index contributed by atoms with van der Waals surface area (Å²) in [7, 11) is 0. The fourth-order valence-corrected chi connectivity index (χ4v) is 3.14. The highest BCUT2D eigenvalue weighted by molar-refractivity contribution is 5.04. The number of hydrogen-bond donors (Lipinski definition) is 2. The smallest absolute Gasteiger partial charge is 0.0575 e. The van der Waals surface area contributed by atoms with Crippen molar-refractivity contribution in [2.24, 2.45) is 0 Å². The van der Waals surface area contributed by atoms with E-state index in [1.54, 1.807) is 0 Å². The van der Waals surface area contributed by atoms with E-state index in [0.717, 1.165) is 12.8 Å². The fraction of sp³-hybridized carbons (Fsp3) is 1.00. The molecule has 0 aromatic rings. The van der Waals surface area contributed by atoms with E-state index in [1.165, 1.54) is 19.3 Å². The number of piperidine rings is 2. The normalized spacial score (nSPS) is 53.8. The molecule has 2 aliphatic heterocycles. The van der Waals surface area contributed by atoms with E-state index in [9.17, 15) is 5.11 Å². The Morgan fingerprint density at radius 3 is 2.17 bits per heavy atom. The molecule has 0 aromatic heterocycles. The second-order valence-corrected chi connectivity index (χ2v) is 5.16. The van der Waals surface area contributed by atoms with Gasteiger partial charge in [0.05, 0.1) is 6.10 Å². The summed E-state index contributed by atoms with van der Waals surface area (Å²) in [6.07, 6.45) is 5.54. The van der Waals surface area contributed by atoms with Gasteiger partial charge in [-0.3, -0.25) is 0 Å². The van der Waals surface area contributed by atoms with E-state index in [-0.39, 0.29) is 17.2 Å². The summed E-state index contributed by atoms with van der Waals surface area (Å²) >= 11 is 0. The molecule has 0 aliphatic carbocycles. The highest BCUT2D eigenvalue weighted by Gasteiger charge is 2.44. The van der Waals surface area contributed by atoms with Crippen LogP contribution in [-0.2, 0) is 0 Å². The van der Waals surface area contributed by atoms with Crippen LogP contribution in [-0.4, -0.2) is 22.3 Å². The minimum absolute atomic E-state index is 0.0819. The van der Waals surface area contributed by atoms with Crippen molar-refractivity contribution in [3.8, 4) is 0 Å². The molecule has 2 unspecified atom stereocenters. The summed E-state index contributed by atoms with van der Waals surface area (Å²) in [5.74, 6) is 0. The maximum Gasteiger partial charge on any atom is 0.0575 e. The summed E-state index contributed by atoms with van der Waals surface area (Å²) in [6, 6.07) is 0. The molecule has 2 heterocycles. The van der Waals surface area contributed by atoms with Gasteiger partial charge in [0.1, 0.15) is 0 Å². The van der Waals surface area contributed by atoms with Crippen LogP contribution in [0.15, 0.2) is 0 Å². The number of hydrogen-bond acceptors (Lipinski definition) is 2. The van der Waals surface area contributed by atoms with Crippen LogP contribution in [0.2, 0.25) is 0 Å². The van der Waals surface area contributed by atoms with Gasteiger partial charge in [0.2, 0.25) is 0 Å². The first-order valence-electron chi connectivity index (χ1n) is 4.99. The summed E-state index contributed by atoms with van der Waals surface area (Å²) < 4.78 is 0. The molecule has 2 rings (SSSR count). The zero-order chi connectivity index (χ0) is 8.82. The summed E-state index contributed by atoms with van der Waals surface area (Å²) in [6.45, 7) is 4.49. The Labute approximate surface area is 74.4 Å². The number of rotatable bonds is 0. The van der Waals surface area contributed by atoms with Crippen LogP contribution in [0.25, 0.3) is 0 Å². The minimum atomic E-state index is -0.0819. The Balaban J connectivity index is 2.19.